The van der Waals surface area contributed by atoms with E-state index in [2.05, 4.69) is 57.1 Å². The van der Waals surface area contributed by atoms with Crippen LogP contribution in [0.15, 0.2) is 16.5 Å². The molecule has 1 aromatic rings. The molecule has 0 bridgehead atoms. The van der Waals surface area contributed by atoms with Gasteiger partial charge in [-0.2, -0.15) is 0 Å². The van der Waals surface area contributed by atoms with Gasteiger partial charge in [0.15, 0.2) is 0 Å². The molecule has 1 fully saturated rings. The summed E-state index contributed by atoms with van der Waals surface area (Å²) in [6, 6.07) is 4.94. The summed E-state index contributed by atoms with van der Waals surface area (Å²) in [7, 11) is 2.24. The van der Waals surface area contributed by atoms with E-state index in [1.807, 2.05) is 0 Å². The predicted molar refractivity (Wildman–Crippen MR) is 88.2 cm³/mol. The lowest BCUT2D eigenvalue weighted by atomic mass is 9.85. The quantitative estimate of drug-likeness (QED) is 0.882. The smallest absolute Gasteiger partial charge is 0.118 e. The van der Waals surface area contributed by atoms with Crippen molar-refractivity contribution in [2.24, 2.45) is 5.92 Å². The second kappa shape index (κ2) is 6.97. The Morgan fingerprint density at radius 2 is 1.86 bits per heavy atom. The molecule has 0 radical (unpaired) electrons. The van der Waals surface area contributed by atoms with Crippen LogP contribution in [-0.4, -0.2) is 23.5 Å². The molecule has 0 aromatic carbocycles. The van der Waals surface area contributed by atoms with Crippen LogP contribution in [0.5, 0.6) is 0 Å². The fourth-order valence-corrected chi connectivity index (χ4v) is 3.27. The molecule has 0 spiro atoms. The van der Waals surface area contributed by atoms with Crippen molar-refractivity contribution in [3.05, 3.63) is 23.7 Å². The van der Waals surface area contributed by atoms with Crippen molar-refractivity contribution >= 4 is 0 Å². The topological polar surface area (TPSA) is 28.4 Å². The summed E-state index contributed by atoms with van der Waals surface area (Å²) in [5, 5.41) is 3.47. The second-order valence-corrected chi connectivity index (χ2v) is 7.72. The number of nitrogens with zero attached hydrogens (tertiary/aromatic N) is 1. The Kier molecular flexibility index (Phi) is 5.50. The standard InChI is InChI=1S/C18H32N2O/c1-14-8-6-7-9-17(14)20(5)13-16-11-10-15(21-16)12-19-18(2,3)4/h10-11,14,17,19H,6-9,12-13H2,1-5H3. The number of nitrogens with one attached hydrogen (secondary N) is 1. The Morgan fingerprint density at radius 1 is 1.19 bits per heavy atom. The van der Waals surface area contributed by atoms with Gasteiger partial charge in [0.1, 0.15) is 11.5 Å². The minimum atomic E-state index is 0.126. The fraction of sp³-hybridized carbons (Fsp3) is 0.778. The zero-order chi connectivity index (χ0) is 15.5. The van der Waals surface area contributed by atoms with Gasteiger partial charge in [-0.15, -0.1) is 0 Å². The molecule has 3 heteroatoms. The van der Waals surface area contributed by atoms with Crippen LogP contribution >= 0.6 is 0 Å². The molecule has 0 amide bonds. The van der Waals surface area contributed by atoms with Crippen molar-refractivity contribution in [1.29, 1.82) is 0 Å². The molecule has 1 aliphatic carbocycles. The molecule has 1 aromatic heterocycles. The summed E-state index contributed by atoms with van der Waals surface area (Å²) >= 11 is 0. The van der Waals surface area contributed by atoms with Crippen LogP contribution in [0.2, 0.25) is 0 Å². The summed E-state index contributed by atoms with van der Waals surface area (Å²) < 4.78 is 5.97. The molecule has 120 valence electrons. The normalized spacial score (nSPS) is 23.7. The highest BCUT2D eigenvalue weighted by molar-refractivity contribution is 5.07. The number of rotatable bonds is 5. The first-order valence-corrected chi connectivity index (χ1v) is 8.38. The van der Waals surface area contributed by atoms with Crippen LogP contribution in [-0.2, 0) is 13.1 Å². The molecule has 1 heterocycles. The van der Waals surface area contributed by atoms with Crippen LogP contribution in [0.3, 0.4) is 0 Å². The van der Waals surface area contributed by atoms with Crippen LogP contribution in [0.4, 0.5) is 0 Å². The average molecular weight is 292 g/mol. The maximum atomic E-state index is 5.97. The molecule has 1 N–H and O–H groups in total. The third-order valence-corrected chi connectivity index (χ3v) is 4.55. The molecule has 1 saturated carbocycles. The van der Waals surface area contributed by atoms with Crippen LogP contribution in [0.25, 0.3) is 0 Å². The van der Waals surface area contributed by atoms with Gasteiger partial charge in [0, 0.05) is 11.6 Å². The van der Waals surface area contributed by atoms with Crippen molar-refractivity contribution in [2.45, 2.75) is 78.0 Å². The lowest BCUT2D eigenvalue weighted by Crippen LogP contribution is -2.38. The monoisotopic (exact) mass is 292 g/mol. The van der Waals surface area contributed by atoms with Gasteiger partial charge in [0.25, 0.3) is 0 Å². The van der Waals surface area contributed by atoms with Gasteiger partial charge >= 0.3 is 0 Å². The molecule has 2 atom stereocenters. The van der Waals surface area contributed by atoms with E-state index < -0.39 is 0 Å². The van der Waals surface area contributed by atoms with E-state index in [-0.39, 0.29) is 5.54 Å². The zero-order valence-electron chi connectivity index (χ0n) is 14.4. The third kappa shape index (κ3) is 5.15. The highest BCUT2D eigenvalue weighted by atomic mass is 16.3. The van der Waals surface area contributed by atoms with Crippen LogP contribution in [0.1, 0.15) is 64.9 Å². The SMILES string of the molecule is CC1CCCCC1N(C)Cc1ccc(CNC(C)(C)C)o1. The van der Waals surface area contributed by atoms with E-state index >= 15 is 0 Å². The highest BCUT2D eigenvalue weighted by Gasteiger charge is 2.25. The molecule has 21 heavy (non-hydrogen) atoms. The van der Waals surface area contributed by atoms with Crippen molar-refractivity contribution in [3.8, 4) is 0 Å². The fourth-order valence-electron chi connectivity index (χ4n) is 3.27. The Bertz CT molecular complexity index is 433. The van der Waals surface area contributed by atoms with Crippen molar-refractivity contribution in [1.82, 2.24) is 10.2 Å². The lowest BCUT2D eigenvalue weighted by Gasteiger charge is -2.35. The Balaban J connectivity index is 1.86. The average Bonchev–Trinajstić information content (AvgIpc) is 2.83. The van der Waals surface area contributed by atoms with Gasteiger partial charge in [0.05, 0.1) is 13.1 Å². The summed E-state index contributed by atoms with van der Waals surface area (Å²) in [6.45, 7) is 10.6. The molecule has 2 unspecified atom stereocenters. The lowest BCUT2D eigenvalue weighted by molar-refractivity contribution is 0.125. The predicted octanol–water partition coefficient (Wildman–Crippen LogP) is 4.18. The summed E-state index contributed by atoms with van der Waals surface area (Å²) in [5.74, 6) is 2.92. The van der Waals surface area contributed by atoms with E-state index in [0.717, 1.165) is 30.5 Å². The third-order valence-electron chi connectivity index (χ3n) is 4.55. The molecular weight excluding hydrogens is 260 g/mol. The highest BCUT2D eigenvalue weighted by Crippen LogP contribution is 2.28. The summed E-state index contributed by atoms with van der Waals surface area (Å²) in [5.41, 5.74) is 0.126. The van der Waals surface area contributed by atoms with E-state index in [9.17, 15) is 0 Å². The van der Waals surface area contributed by atoms with Gasteiger partial charge in [-0.25, -0.2) is 0 Å². The largest absolute Gasteiger partial charge is 0.463 e. The van der Waals surface area contributed by atoms with E-state index in [1.165, 1.54) is 25.7 Å². The van der Waals surface area contributed by atoms with E-state index in [4.69, 9.17) is 4.42 Å². The van der Waals surface area contributed by atoms with Gasteiger partial charge in [0.2, 0.25) is 0 Å². The second-order valence-electron chi connectivity index (χ2n) is 7.72. The molecule has 0 aliphatic heterocycles. The molecule has 0 saturated heterocycles. The zero-order valence-corrected chi connectivity index (χ0v) is 14.4. The molecule has 3 nitrogen and oxygen atoms in total. The first-order chi connectivity index (χ1) is 9.85. The summed E-state index contributed by atoms with van der Waals surface area (Å²) in [4.78, 5) is 2.48. The van der Waals surface area contributed by atoms with Crippen LogP contribution in [0, 0.1) is 5.92 Å². The summed E-state index contributed by atoms with van der Waals surface area (Å²) in [6.07, 6.45) is 5.47. The Morgan fingerprint density at radius 3 is 2.52 bits per heavy atom. The molecular formula is C18H32N2O. The van der Waals surface area contributed by atoms with Crippen molar-refractivity contribution in [2.75, 3.05) is 7.05 Å². The Hall–Kier alpha value is -0.800. The van der Waals surface area contributed by atoms with Gasteiger partial charge < -0.3 is 9.73 Å². The Labute approximate surface area is 130 Å². The van der Waals surface area contributed by atoms with Gasteiger partial charge in [-0.05, 0) is 58.7 Å². The number of furan rings is 1. The maximum absolute atomic E-state index is 5.97. The van der Waals surface area contributed by atoms with E-state index in [1.54, 1.807) is 0 Å². The molecule has 2 rings (SSSR count). The van der Waals surface area contributed by atoms with Crippen molar-refractivity contribution < 1.29 is 4.42 Å². The number of hydrogen-bond acceptors (Lipinski definition) is 3. The van der Waals surface area contributed by atoms with Gasteiger partial charge in [-0.1, -0.05) is 19.8 Å². The minimum Gasteiger partial charge on any atom is -0.463 e. The first kappa shape index (κ1) is 16.6. The van der Waals surface area contributed by atoms with Gasteiger partial charge in [-0.3, -0.25) is 4.90 Å². The minimum absolute atomic E-state index is 0.126. The van der Waals surface area contributed by atoms with Crippen LogP contribution < -0.4 is 5.32 Å². The first-order valence-electron chi connectivity index (χ1n) is 8.38. The maximum Gasteiger partial charge on any atom is 0.118 e. The molecule has 1 aliphatic rings. The van der Waals surface area contributed by atoms with Crippen molar-refractivity contribution in [3.63, 3.8) is 0 Å². The number of hydrogen-bond donors (Lipinski definition) is 1. The van der Waals surface area contributed by atoms with E-state index in [0.29, 0.717) is 6.04 Å².